The van der Waals surface area contributed by atoms with Crippen LogP contribution >= 0.6 is 11.3 Å². The third-order valence-corrected chi connectivity index (χ3v) is 17.3. The van der Waals surface area contributed by atoms with Crippen molar-refractivity contribution in [1.82, 2.24) is 0 Å². The Morgan fingerprint density at radius 1 is 0.545 bits per heavy atom. The zero-order valence-electron chi connectivity index (χ0n) is 40.3. The third-order valence-electron chi connectivity index (χ3n) is 16.1. The number of halogens is 3. The fourth-order valence-electron chi connectivity index (χ4n) is 12.1. The summed E-state index contributed by atoms with van der Waals surface area (Å²) in [4.78, 5) is 4.50. The second-order valence-electron chi connectivity index (χ2n) is 23.4. The largest absolute Gasteiger partial charge is 0.416 e. The number of fused-ring (bicyclic) bond motifs is 9. The number of nitrogens with zero attached hydrogens (tertiary/aromatic N) is 2. The lowest BCUT2D eigenvalue weighted by Crippen LogP contribution is -2.61. The summed E-state index contributed by atoms with van der Waals surface area (Å²) in [5, 5.41) is 1.05. The lowest BCUT2D eigenvalue weighted by Gasteiger charge is -2.49. The van der Waals surface area contributed by atoms with Crippen molar-refractivity contribution < 1.29 is 13.2 Å². The van der Waals surface area contributed by atoms with Crippen LogP contribution in [0.25, 0.3) is 21.2 Å². The summed E-state index contributed by atoms with van der Waals surface area (Å²) in [6.45, 7) is 25.1. The first kappa shape index (κ1) is 43.3. The van der Waals surface area contributed by atoms with Gasteiger partial charge in [-0.3, -0.25) is 0 Å². The molecule has 336 valence electrons. The Balaban J connectivity index is 1.31. The Morgan fingerprint density at radius 2 is 1.15 bits per heavy atom. The van der Waals surface area contributed by atoms with Crippen molar-refractivity contribution in [2.75, 3.05) is 9.80 Å². The van der Waals surface area contributed by atoms with E-state index in [-0.39, 0.29) is 33.8 Å². The van der Waals surface area contributed by atoms with Gasteiger partial charge in [0.1, 0.15) is 0 Å². The normalized spacial score (nSPS) is 18.6. The van der Waals surface area contributed by atoms with Crippen molar-refractivity contribution in [3.8, 4) is 11.1 Å². The maximum atomic E-state index is 16.0. The predicted octanol–water partition coefficient (Wildman–Crippen LogP) is 15.7. The highest BCUT2D eigenvalue weighted by Crippen LogP contribution is 2.57. The SMILES string of the molecule is CC(C)(C)c1ccc(N2c3cc(C(F)(F)F)cc4c3B(c3ccc5c(c3N4c3ccc4c(c3)C(C)(C)CCC4(C)C)C(C)(C)CCC5(C)C)c3sc4ccccc4c32)c(-c2ccccc2)c1. The molecule has 0 unspecified atom stereocenters. The smallest absolute Gasteiger partial charge is 0.311 e. The van der Waals surface area contributed by atoms with Gasteiger partial charge in [-0.2, -0.15) is 13.2 Å². The standard InChI is InChI=1S/C59H60BF3N2S/c1-54(2,3)36-21-26-45(40(31-36)35-17-13-12-14-18-35)65-47-33-37(59(61,62)63)32-46-50(47)60(53-51(65)39-19-15-16-20-48(39)66-53)44-25-24-42-49(58(10,11)30-29-56(42,6)7)52(44)64(46)38-22-23-41-43(34-38)57(8,9)28-27-55(41,4)5/h12-26,31-34H,27-30H2,1-11H3. The number of benzene rings is 6. The number of hydrogen-bond donors (Lipinski definition) is 0. The Kier molecular flexibility index (Phi) is 9.28. The van der Waals surface area contributed by atoms with Crippen LogP contribution in [0.15, 0.2) is 115 Å². The van der Waals surface area contributed by atoms with Crippen molar-refractivity contribution in [1.29, 1.82) is 0 Å². The molecule has 0 bridgehead atoms. The number of anilines is 6. The van der Waals surface area contributed by atoms with Gasteiger partial charge in [0.2, 0.25) is 0 Å². The number of alkyl halides is 3. The van der Waals surface area contributed by atoms with Crippen LogP contribution in [0.4, 0.5) is 47.3 Å². The molecule has 2 aliphatic carbocycles. The summed E-state index contributed by atoms with van der Waals surface area (Å²) in [7, 11) is 0. The van der Waals surface area contributed by atoms with Crippen molar-refractivity contribution >= 4 is 78.0 Å². The Hall–Kier alpha value is -5.27. The summed E-state index contributed by atoms with van der Waals surface area (Å²) in [5.41, 5.74) is 14.1. The molecule has 7 aromatic rings. The quantitative estimate of drug-likeness (QED) is 0.163. The van der Waals surface area contributed by atoms with E-state index in [1.807, 2.05) is 18.2 Å². The third kappa shape index (κ3) is 6.41. The molecule has 0 radical (unpaired) electrons. The number of rotatable bonds is 3. The van der Waals surface area contributed by atoms with E-state index in [9.17, 15) is 0 Å². The Morgan fingerprint density at radius 3 is 1.83 bits per heavy atom. The van der Waals surface area contributed by atoms with E-state index >= 15 is 13.2 Å². The zero-order valence-corrected chi connectivity index (χ0v) is 41.1. The van der Waals surface area contributed by atoms with E-state index in [1.165, 1.54) is 34.4 Å². The van der Waals surface area contributed by atoms with Crippen LogP contribution in [0.3, 0.4) is 0 Å². The highest BCUT2D eigenvalue weighted by atomic mass is 32.1. The second-order valence-corrected chi connectivity index (χ2v) is 24.5. The van der Waals surface area contributed by atoms with Crippen LogP contribution in [0.1, 0.15) is 135 Å². The molecular weight excluding hydrogens is 837 g/mol. The molecule has 2 aliphatic heterocycles. The first-order chi connectivity index (χ1) is 31.0. The lowest BCUT2D eigenvalue weighted by molar-refractivity contribution is -0.137. The zero-order chi connectivity index (χ0) is 46.7. The van der Waals surface area contributed by atoms with E-state index in [0.29, 0.717) is 11.4 Å². The van der Waals surface area contributed by atoms with Crippen LogP contribution in [-0.4, -0.2) is 6.71 Å². The molecule has 4 aliphatic rings. The summed E-state index contributed by atoms with van der Waals surface area (Å²) < 4.78 is 50.4. The average molecular weight is 897 g/mol. The van der Waals surface area contributed by atoms with Gasteiger partial charge in [-0.05, 0) is 140 Å². The minimum absolute atomic E-state index is 0.0219. The van der Waals surface area contributed by atoms with Crippen molar-refractivity contribution in [2.45, 2.75) is 135 Å². The van der Waals surface area contributed by atoms with Crippen LogP contribution in [0.5, 0.6) is 0 Å². The van der Waals surface area contributed by atoms with Gasteiger partial charge in [0.25, 0.3) is 6.71 Å². The molecular formula is C59H60BF3N2S. The van der Waals surface area contributed by atoms with Gasteiger partial charge >= 0.3 is 6.18 Å². The van der Waals surface area contributed by atoms with E-state index in [1.54, 1.807) is 11.3 Å². The van der Waals surface area contributed by atoms with E-state index in [2.05, 4.69) is 171 Å². The molecule has 0 fully saturated rings. The van der Waals surface area contributed by atoms with Gasteiger partial charge in [0.05, 0.1) is 16.9 Å². The summed E-state index contributed by atoms with van der Waals surface area (Å²) in [6, 6.07) is 40.0. The van der Waals surface area contributed by atoms with Gasteiger partial charge in [-0.15, -0.1) is 11.3 Å². The first-order valence-electron chi connectivity index (χ1n) is 23.9. The van der Waals surface area contributed by atoms with Crippen LogP contribution in [-0.2, 0) is 33.3 Å². The maximum absolute atomic E-state index is 16.0. The van der Waals surface area contributed by atoms with E-state index < -0.39 is 11.7 Å². The molecule has 1 aromatic heterocycles. The average Bonchev–Trinajstić information content (AvgIpc) is 3.65. The van der Waals surface area contributed by atoms with Gasteiger partial charge in [-0.1, -0.05) is 149 Å². The predicted molar refractivity (Wildman–Crippen MR) is 276 cm³/mol. The molecule has 0 amide bonds. The van der Waals surface area contributed by atoms with Gasteiger partial charge < -0.3 is 9.80 Å². The monoisotopic (exact) mass is 896 g/mol. The summed E-state index contributed by atoms with van der Waals surface area (Å²) >= 11 is 1.79. The highest BCUT2D eigenvalue weighted by Gasteiger charge is 2.51. The Labute approximate surface area is 394 Å². The summed E-state index contributed by atoms with van der Waals surface area (Å²) in [5.74, 6) is 0. The number of hydrogen-bond acceptors (Lipinski definition) is 3. The minimum atomic E-state index is -4.62. The fraction of sp³-hybridized carbons (Fsp3) is 0.356. The van der Waals surface area contributed by atoms with Crippen molar-refractivity contribution in [3.63, 3.8) is 0 Å². The van der Waals surface area contributed by atoms with E-state index in [4.69, 9.17) is 0 Å². The maximum Gasteiger partial charge on any atom is 0.416 e. The first-order valence-corrected chi connectivity index (χ1v) is 24.7. The van der Waals surface area contributed by atoms with Gasteiger partial charge in [0.15, 0.2) is 0 Å². The molecule has 11 rings (SSSR count). The topological polar surface area (TPSA) is 6.48 Å². The molecule has 0 saturated heterocycles. The lowest BCUT2D eigenvalue weighted by atomic mass is 9.35. The molecule has 0 atom stereocenters. The van der Waals surface area contributed by atoms with Crippen LogP contribution < -0.4 is 25.5 Å². The molecule has 0 N–H and O–H groups in total. The molecule has 0 spiro atoms. The van der Waals surface area contributed by atoms with Crippen LogP contribution in [0, 0.1) is 0 Å². The van der Waals surface area contributed by atoms with Crippen LogP contribution in [0.2, 0.25) is 0 Å². The molecule has 7 heteroatoms. The molecule has 6 aromatic carbocycles. The van der Waals surface area contributed by atoms with Gasteiger partial charge in [0, 0.05) is 43.2 Å². The molecule has 2 nitrogen and oxygen atoms in total. The summed E-state index contributed by atoms with van der Waals surface area (Å²) in [6.07, 6.45) is -0.501. The number of thiophene rings is 1. The van der Waals surface area contributed by atoms with E-state index in [0.717, 1.165) is 90.9 Å². The van der Waals surface area contributed by atoms with Crippen molar-refractivity contribution in [2.24, 2.45) is 0 Å². The molecule has 3 heterocycles. The second kappa shape index (κ2) is 14.1. The minimum Gasteiger partial charge on any atom is -0.311 e. The molecule has 0 saturated carbocycles. The fourth-order valence-corrected chi connectivity index (χ4v) is 13.4. The highest BCUT2D eigenvalue weighted by molar-refractivity contribution is 7.33. The molecule has 66 heavy (non-hydrogen) atoms. The Bertz CT molecular complexity index is 3150. The van der Waals surface area contributed by atoms with Crippen molar-refractivity contribution in [3.05, 3.63) is 149 Å². The van der Waals surface area contributed by atoms with Gasteiger partial charge in [-0.25, -0.2) is 0 Å².